The molecule has 0 spiro atoms. The van der Waals surface area contributed by atoms with Gasteiger partial charge in [-0.3, -0.25) is 14.9 Å². The number of amides is 1. The fourth-order valence-electron chi connectivity index (χ4n) is 2.41. The number of rotatable bonds is 3. The van der Waals surface area contributed by atoms with Crippen molar-refractivity contribution >= 4 is 5.91 Å². The van der Waals surface area contributed by atoms with E-state index in [-0.39, 0.29) is 17.0 Å². The molecule has 3 N–H and O–H groups in total. The Morgan fingerprint density at radius 2 is 2.13 bits per heavy atom. The number of hydrogen-bond acceptors (Lipinski definition) is 4. The maximum Gasteiger partial charge on any atom is 0.245 e. The molecule has 0 saturated carbocycles. The summed E-state index contributed by atoms with van der Waals surface area (Å²) in [6.45, 7) is 5.12. The van der Waals surface area contributed by atoms with Crippen molar-refractivity contribution in [1.82, 2.24) is 15.7 Å². The van der Waals surface area contributed by atoms with Crippen molar-refractivity contribution in [3.63, 3.8) is 0 Å². The van der Waals surface area contributed by atoms with Crippen LogP contribution in [0, 0.1) is 0 Å². The molecular formula is C10H21N3O2. The van der Waals surface area contributed by atoms with E-state index in [2.05, 4.69) is 31.1 Å². The van der Waals surface area contributed by atoms with Crippen LogP contribution in [-0.4, -0.2) is 47.7 Å². The van der Waals surface area contributed by atoms with Gasteiger partial charge in [-0.15, -0.1) is 0 Å². The lowest BCUT2D eigenvalue weighted by Gasteiger charge is -2.28. The van der Waals surface area contributed by atoms with Gasteiger partial charge >= 0.3 is 0 Å². The van der Waals surface area contributed by atoms with Gasteiger partial charge in [0, 0.05) is 24.0 Å². The Kier molecular flexibility index (Phi) is 3.38. The van der Waals surface area contributed by atoms with Crippen molar-refractivity contribution < 1.29 is 10.0 Å². The van der Waals surface area contributed by atoms with Crippen LogP contribution in [0.25, 0.3) is 0 Å². The minimum atomic E-state index is -0.338. The van der Waals surface area contributed by atoms with E-state index in [4.69, 9.17) is 5.21 Å². The number of likely N-dealkylation sites (N-methyl/N-ethyl adjacent to an activating group) is 2. The smallest absolute Gasteiger partial charge is 0.245 e. The molecule has 1 rings (SSSR count). The van der Waals surface area contributed by atoms with E-state index in [9.17, 15) is 4.79 Å². The van der Waals surface area contributed by atoms with E-state index in [1.54, 1.807) is 5.48 Å². The summed E-state index contributed by atoms with van der Waals surface area (Å²) >= 11 is 0. The van der Waals surface area contributed by atoms with Gasteiger partial charge in [-0.25, -0.2) is 5.48 Å². The minimum absolute atomic E-state index is 0.0821. The van der Waals surface area contributed by atoms with E-state index < -0.39 is 0 Å². The van der Waals surface area contributed by atoms with Crippen LogP contribution in [0.1, 0.15) is 26.7 Å². The van der Waals surface area contributed by atoms with Crippen LogP contribution >= 0.6 is 0 Å². The largest absolute Gasteiger partial charge is 0.313 e. The molecule has 5 nitrogen and oxygen atoms in total. The predicted molar refractivity (Wildman–Crippen MR) is 57.7 cm³/mol. The molecule has 1 unspecified atom stereocenters. The van der Waals surface area contributed by atoms with Crippen molar-refractivity contribution in [2.24, 2.45) is 0 Å². The molecule has 0 bridgehead atoms. The third-order valence-electron chi connectivity index (χ3n) is 3.50. The summed E-state index contributed by atoms with van der Waals surface area (Å²) in [5.41, 5.74) is 1.55. The summed E-state index contributed by atoms with van der Waals surface area (Å²) in [5.74, 6) is -0.338. The highest BCUT2D eigenvalue weighted by Crippen LogP contribution is 2.35. The molecule has 88 valence electrons. The molecule has 0 aromatic heterocycles. The Labute approximate surface area is 90.8 Å². The first-order valence-electron chi connectivity index (χ1n) is 5.18. The van der Waals surface area contributed by atoms with Gasteiger partial charge in [0.2, 0.25) is 5.91 Å². The molecule has 1 atom stereocenters. The Morgan fingerprint density at radius 1 is 1.53 bits per heavy atom. The van der Waals surface area contributed by atoms with Gasteiger partial charge in [0.1, 0.15) is 0 Å². The highest BCUT2D eigenvalue weighted by molar-refractivity contribution is 5.76. The van der Waals surface area contributed by atoms with Crippen LogP contribution in [0.4, 0.5) is 0 Å². The Bertz CT molecular complexity index is 255. The lowest BCUT2D eigenvalue weighted by Crippen LogP contribution is -2.48. The van der Waals surface area contributed by atoms with Gasteiger partial charge in [0.05, 0.1) is 0 Å². The Balaban J connectivity index is 2.76. The first-order valence-corrected chi connectivity index (χ1v) is 5.18. The second-order valence-corrected chi connectivity index (χ2v) is 5.09. The van der Waals surface area contributed by atoms with Crippen molar-refractivity contribution in [2.45, 2.75) is 37.8 Å². The molecule has 1 aliphatic heterocycles. The van der Waals surface area contributed by atoms with Crippen molar-refractivity contribution in [1.29, 1.82) is 0 Å². The quantitative estimate of drug-likeness (QED) is 0.456. The number of nitrogens with one attached hydrogen (secondary N) is 2. The lowest BCUT2D eigenvalue weighted by atomic mass is 9.87. The molecule has 1 heterocycles. The van der Waals surface area contributed by atoms with Crippen molar-refractivity contribution in [2.75, 3.05) is 20.6 Å². The summed E-state index contributed by atoms with van der Waals surface area (Å²) in [5, 5.41) is 11.8. The molecule has 5 heteroatoms. The molecule has 15 heavy (non-hydrogen) atoms. The molecule has 0 radical (unpaired) electrons. The highest BCUT2D eigenvalue weighted by Gasteiger charge is 2.46. The maximum atomic E-state index is 11.2. The zero-order valence-electron chi connectivity index (χ0n) is 9.92. The van der Waals surface area contributed by atoms with Crippen LogP contribution in [0.3, 0.4) is 0 Å². The maximum absolute atomic E-state index is 11.2. The zero-order chi connectivity index (χ0) is 11.7. The third kappa shape index (κ3) is 2.48. The first-order chi connectivity index (χ1) is 6.85. The normalized spacial score (nSPS) is 30.5. The molecule has 0 aromatic carbocycles. The molecule has 1 fully saturated rings. The number of nitrogens with zero attached hydrogens (tertiary/aromatic N) is 1. The zero-order valence-corrected chi connectivity index (χ0v) is 9.92. The summed E-state index contributed by atoms with van der Waals surface area (Å²) in [4.78, 5) is 13.5. The van der Waals surface area contributed by atoms with E-state index >= 15 is 0 Å². The summed E-state index contributed by atoms with van der Waals surface area (Å²) in [6, 6.07) is 0. The standard InChI is InChI=1S/C10H21N3O2/c1-9(2)6-10(11-3,7-13(9)4)5-8(14)12-15/h11,15H,5-7H2,1-4H3,(H,12,14). The van der Waals surface area contributed by atoms with Crippen LogP contribution in [0.5, 0.6) is 0 Å². The van der Waals surface area contributed by atoms with Gasteiger partial charge in [0.25, 0.3) is 0 Å². The lowest BCUT2D eigenvalue weighted by molar-refractivity contribution is -0.130. The van der Waals surface area contributed by atoms with Crippen molar-refractivity contribution in [3.05, 3.63) is 0 Å². The molecule has 1 amide bonds. The third-order valence-corrected chi connectivity index (χ3v) is 3.50. The van der Waals surface area contributed by atoms with Gasteiger partial charge < -0.3 is 5.32 Å². The van der Waals surface area contributed by atoms with Gasteiger partial charge in [-0.2, -0.15) is 0 Å². The summed E-state index contributed by atoms with van der Waals surface area (Å²) < 4.78 is 0. The van der Waals surface area contributed by atoms with Gasteiger partial charge in [-0.1, -0.05) is 0 Å². The van der Waals surface area contributed by atoms with Crippen LogP contribution in [0.2, 0.25) is 0 Å². The second-order valence-electron chi connectivity index (χ2n) is 5.09. The minimum Gasteiger partial charge on any atom is -0.313 e. The fraction of sp³-hybridized carbons (Fsp3) is 0.900. The van der Waals surface area contributed by atoms with E-state index in [1.165, 1.54) is 0 Å². The summed E-state index contributed by atoms with van der Waals surface area (Å²) in [7, 11) is 3.91. The molecule has 1 aliphatic rings. The molecule has 0 aromatic rings. The Morgan fingerprint density at radius 3 is 2.47 bits per heavy atom. The van der Waals surface area contributed by atoms with Gasteiger partial charge in [0.15, 0.2) is 0 Å². The average molecular weight is 215 g/mol. The predicted octanol–water partition coefficient (Wildman–Crippen LogP) is -0.0458. The van der Waals surface area contributed by atoms with Crippen LogP contribution in [0.15, 0.2) is 0 Å². The number of hydrogen-bond donors (Lipinski definition) is 3. The first kappa shape index (κ1) is 12.4. The van der Waals surface area contributed by atoms with Crippen LogP contribution < -0.4 is 10.8 Å². The number of carbonyl (C=O) groups is 1. The van der Waals surface area contributed by atoms with Crippen molar-refractivity contribution in [3.8, 4) is 0 Å². The monoisotopic (exact) mass is 215 g/mol. The Hall–Kier alpha value is -0.650. The molecule has 1 saturated heterocycles. The van der Waals surface area contributed by atoms with Crippen LogP contribution in [-0.2, 0) is 4.79 Å². The summed E-state index contributed by atoms with van der Waals surface area (Å²) in [6.07, 6.45) is 1.19. The number of likely N-dealkylation sites (tertiary alicyclic amines) is 1. The van der Waals surface area contributed by atoms with Gasteiger partial charge in [-0.05, 0) is 34.4 Å². The molecular weight excluding hydrogens is 194 g/mol. The SMILES string of the molecule is CNC1(CC(=O)NO)CN(C)C(C)(C)C1. The second kappa shape index (κ2) is 4.08. The topological polar surface area (TPSA) is 64.6 Å². The number of hydroxylamine groups is 1. The highest BCUT2D eigenvalue weighted by atomic mass is 16.5. The average Bonchev–Trinajstić information content (AvgIpc) is 2.38. The van der Waals surface area contributed by atoms with E-state index in [1.807, 2.05) is 7.05 Å². The van der Waals surface area contributed by atoms with E-state index in [0.717, 1.165) is 13.0 Å². The number of carbonyl (C=O) groups excluding carboxylic acids is 1. The fourth-order valence-corrected chi connectivity index (χ4v) is 2.41. The molecule has 0 aliphatic carbocycles. The van der Waals surface area contributed by atoms with E-state index in [0.29, 0.717) is 6.42 Å².